The van der Waals surface area contributed by atoms with Crippen LogP contribution < -0.4 is 0 Å². The third-order valence-electron chi connectivity index (χ3n) is 8.78. The molecule has 0 aromatic heterocycles. The molecule has 260 valence electrons. The third-order valence-corrected chi connectivity index (χ3v) is 9.11. The van der Waals surface area contributed by atoms with Gasteiger partial charge in [-0.05, 0) is 12.8 Å². The Labute approximate surface area is 279 Å². The van der Waals surface area contributed by atoms with Crippen molar-refractivity contribution in [1.82, 2.24) is 0 Å². The molecule has 2 N–H and O–H groups in total. The van der Waals surface area contributed by atoms with Gasteiger partial charge in [0.05, 0.1) is 0 Å². The van der Waals surface area contributed by atoms with Gasteiger partial charge in [0.2, 0.25) is 0 Å². The van der Waals surface area contributed by atoms with Crippen LogP contribution in [-0.2, 0) is 19.1 Å². The Kier molecular flexibility index (Phi) is 30.3. The van der Waals surface area contributed by atoms with E-state index in [0.29, 0.717) is 18.2 Å². The van der Waals surface area contributed by atoms with E-state index in [4.69, 9.17) is 4.74 Å². The minimum Gasteiger partial charge on any atom is -0.462 e. The second-order valence-electron chi connectivity index (χ2n) is 12.9. The summed E-state index contributed by atoms with van der Waals surface area (Å²) in [4.78, 5) is 38.5. The predicted molar refractivity (Wildman–Crippen MR) is 186 cm³/mol. The van der Waals surface area contributed by atoms with Gasteiger partial charge in [-0.25, -0.2) is 4.79 Å². The van der Waals surface area contributed by atoms with Gasteiger partial charge in [0.15, 0.2) is 17.7 Å². The summed E-state index contributed by atoms with van der Waals surface area (Å²) in [7, 11) is 0. The van der Waals surface area contributed by atoms with Gasteiger partial charge >= 0.3 is 5.97 Å². The highest BCUT2D eigenvalue weighted by atomic mass is 79.9. The molecule has 0 radical (unpaired) electrons. The number of carbonyl (C=O) groups is 3. The van der Waals surface area contributed by atoms with Gasteiger partial charge < -0.3 is 14.9 Å². The standard InChI is InChI=1S/C37H69BrO6/c1-3-5-7-9-11-13-15-17-19-21-23-25-27-29-33(39)35(41)37(43,36(42)44-32-31-38)34(40)30-28-26-24-22-20-18-16-14-12-10-8-6-4-2/h35,41,43H,3-32H2,1-2H3. The number of ether oxygens (including phenoxy) is 1. The first-order valence-electron chi connectivity index (χ1n) is 18.6. The van der Waals surface area contributed by atoms with E-state index in [-0.39, 0.29) is 19.4 Å². The molecule has 0 bridgehead atoms. The third kappa shape index (κ3) is 21.9. The summed E-state index contributed by atoms with van der Waals surface area (Å²) in [5.74, 6) is -2.74. The summed E-state index contributed by atoms with van der Waals surface area (Å²) in [6.45, 7) is 4.42. The second-order valence-corrected chi connectivity index (χ2v) is 13.7. The van der Waals surface area contributed by atoms with E-state index in [1.165, 1.54) is 116 Å². The maximum Gasteiger partial charge on any atom is 0.349 e. The Morgan fingerprint density at radius 1 is 0.568 bits per heavy atom. The van der Waals surface area contributed by atoms with E-state index in [2.05, 4.69) is 29.8 Å². The van der Waals surface area contributed by atoms with Crippen LogP contribution in [0.2, 0.25) is 0 Å². The molecule has 2 unspecified atom stereocenters. The molecule has 0 aliphatic carbocycles. The molecule has 6 nitrogen and oxygen atoms in total. The average molecular weight is 690 g/mol. The number of unbranched alkanes of at least 4 members (excludes halogenated alkanes) is 24. The Bertz CT molecular complexity index is 699. The normalized spacial score (nSPS) is 13.5. The zero-order valence-corrected chi connectivity index (χ0v) is 30.3. The predicted octanol–water partition coefficient (Wildman–Crippen LogP) is 10.1. The molecule has 0 aromatic rings. The Balaban J connectivity index is 4.33. The largest absolute Gasteiger partial charge is 0.462 e. The first-order valence-corrected chi connectivity index (χ1v) is 19.7. The van der Waals surface area contributed by atoms with Crippen molar-refractivity contribution >= 4 is 33.5 Å². The van der Waals surface area contributed by atoms with Crippen molar-refractivity contribution in [3.63, 3.8) is 0 Å². The number of carbonyl (C=O) groups excluding carboxylic acids is 3. The minimum absolute atomic E-state index is 0.0268. The SMILES string of the molecule is CCCCCCCCCCCCCCCC(=O)C(O)C(O)(C(=O)CCCCCCCCCCCCCCC)C(=O)OCCBr. The lowest BCUT2D eigenvalue weighted by molar-refractivity contribution is -0.184. The molecule has 0 aliphatic heterocycles. The smallest absolute Gasteiger partial charge is 0.349 e. The number of hydrogen-bond donors (Lipinski definition) is 2. The first kappa shape index (κ1) is 43.2. The maximum absolute atomic E-state index is 13.0. The molecule has 0 rings (SSSR count). The van der Waals surface area contributed by atoms with E-state index in [9.17, 15) is 24.6 Å². The number of alkyl halides is 1. The van der Waals surface area contributed by atoms with Crippen LogP contribution in [0.25, 0.3) is 0 Å². The maximum atomic E-state index is 13.0. The highest BCUT2D eigenvalue weighted by Gasteiger charge is 2.53. The fraction of sp³-hybridized carbons (Fsp3) is 0.919. The summed E-state index contributed by atoms with van der Waals surface area (Å²) in [6.07, 6.45) is 28.1. The van der Waals surface area contributed by atoms with Crippen LogP contribution in [0.3, 0.4) is 0 Å². The molecule has 0 fully saturated rings. The minimum atomic E-state index is -2.84. The van der Waals surface area contributed by atoms with Crippen LogP contribution in [0, 0.1) is 0 Å². The molecule has 0 aromatic carbocycles. The van der Waals surface area contributed by atoms with Crippen molar-refractivity contribution in [3.05, 3.63) is 0 Å². The molecule has 0 spiro atoms. The highest BCUT2D eigenvalue weighted by molar-refractivity contribution is 9.09. The fourth-order valence-corrected chi connectivity index (χ4v) is 5.96. The lowest BCUT2D eigenvalue weighted by atomic mass is 9.85. The molecule has 7 heteroatoms. The van der Waals surface area contributed by atoms with Crippen LogP contribution in [0.1, 0.15) is 194 Å². The van der Waals surface area contributed by atoms with Crippen molar-refractivity contribution < 1.29 is 29.3 Å². The number of halogens is 1. The quantitative estimate of drug-likeness (QED) is 0.0302. The van der Waals surface area contributed by atoms with Gasteiger partial charge in [-0.3, -0.25) is 9.59 Å². The van der Waals surface area contributed by atoms with Crippen LogP contribution in [0.4, 0.5) is 0 Å². The number of ketones is 2. The summed E-state index contributed by atoms with van der Waals surface area (Å²) in [5.41, 5.74) is -2.84. The van der Waals surface area contributed by atoms with Crippen LogP contribution in [0.15, 0.2) is 0 Å². The molecule has 0 heterocycles. The molecule has 0 aliphatic rings. The summed E-state index contributed by atoms with van der Waals surface area (Å²) in [6, 6.07) is 0. The zero-order valence-electron chi connectivity index (χ0n) is 28.7. The van der Waals surface area contributed by atoms with Gasteiger partial charge in [0.1, 0.15) is 6.61 Å². The van der Waals surface area contributed by atoms with Crippen molar-refractivity contribution in [3.8, 4) is 0 Å². The van der Waals surface area contributed by atoms with Gasteiger partial charge in [-0.1, -0.05) is 184 Å². The summed E-state index contributed by atoms with van der Waals surface area (Å²) < 4.78 is 5.02. The van der Waals surface area contributed by atoms with Crippen molar-refractivity contribution in [2.45, 2.75) is 205 Å². The molecule has 0 saturated carbocycles. The van der Waals surface area contributed by atoms with E-state index >= 15 is 0 Å². The molecular formula is C37H69BrO6. The Hall–Kier alpha value is -0.790. The van der Waals surface area contributed by atoms with Crippen molar-refractivity contribution in [2.24, 2.45) is 0 Å². The van der Waals surface area contributed by atoms with Gasteiger partial charge in [-0.2, -0.15) is 0 Å². The molecule has 44 heavy (non-hydrogen) atoms. The Morgan fingerprint density at radius 3 is 1.23 bits per heavy atom. The number of rotatable bonds is 34. The van der Waals surface area contributed by atoms with E-state index < -0.39 is 29.2 Å². The number of aliphatic hydroxyl groups is 2. The van der Waals surface area contributed by atoms with E-state index in [1.54, 1.807) is 0 Å². The van der Waals surface area contributed by atoms with Gasteiger partial charge in [0, 0.05) is 18.2 Å². The lowest BCUT2D eigenvalue weighted by Crippen LogP contribution is -2.59. The van der Waals surface area contributed by atoms with Crippen molar-refractivity contribution in [1.29, 1.82) is 0 Å². The lowest BCUT2D eigenvalue weighted by Gasteiger charge is -2.28. The number of hydrogen-bond acceptors (Lipinski definition) is 6. The fourth-order valence-electron chi connectivity index (χ4n) is 5.80. The topological polar surface area (TPSA) is 101 Å². The first-order chi connectivity index (χ1) is 21.4. The summed E-state index contributed by atoms with van der Waals surface area (Å²) in [5, 5.41) is 22.2. The van der Waals surface area contributed by atoms with Crippen LogP contribution in [-0.4, -0.2) is 51.4 Å². The Morgan fingerprint density at radius 2 is 0.886 bits per heavy atom. The zero-order chi connectivity index (χ0) is 32.7. The molecular weight excluding hydrogens is 620 g/mol. The van der Waals surface area contributed by atoms with Gasteiger partial charge in [-0.15, -0.1) is 0 Å². The highest BCUT2D eigenvalue weighted by Crippen LogP contribution is 2.23. The number of esters is 1. The van der Waals surface area contributed by atoms with Crippen LogP contribution >= 0.6 is 15.9 Å². The van der Waals surface area contributed by atoms with Crippen molar-refractivity contribution in [2.75, 3.05) is 11.9 Å². The van der Waals surface area contributed by atoms with Crippen LogP contribution in [0.5, 0.6) is 0 Å². The second kappa shape index (κ2) is 30.8. The average Bonchev–Trinajstić information content (AvgIpc) is 3.03. The molecule has 0 saturated heterocycles. The van der Waals surface area contributed by atoms with Gasteiger partial charge in [0.25, 0.3) is 5.60 Å². The monoisotopic (exact) mass is 688 g/mol. The molecule has 0 amide bonds. The van der Waals surface area contributed by atoms with E-state index in [1.807, 2.05) is 0 Å². The summed E-state index contributed by atoms with van der Waals surface area (Å²) >= 11 is 3.16. The molecule has 2 atom stereocenters. The van der Waals surface area contributed by atoms with E-state index in [0.717, 1.165) is 38.5 Å². The number of Topliss-reactive ketones (excluding diaryl/α,β-unsaturated/α-hetero) is 2. The number of aliphatic hydroxyl groups excluding tert-OH is 1.